The van der Waals surface area contributed by atoms with E-state index in [0.29, 0.717) is 11.7 Å². The van der Waals surface area contributed by atoms with Gasteiger partial charge in [0, 0.05) is 0 Å². The molecule has 0 aromatic carbocycles. The number of amides is 1. The van der Waals surface area contributed by atoms with Crippen LogP contribution in [0, 0.1) is 0 Å². The zero-order valence-corrected chi connectivity index (χ0v) is 8.44. The van der Waals surface area contributed by atoms with E-state index < -0.39 is 11.2 Å². The number of aliphatic hydroxyl groups is 1. The highest BCUT2D eigenvalue weighted by molar-refractivity contribution is 8.00. The van der Waals surface area contributed by atoms with E-state index in [1.54, 1.807) is 6.92 Å². The number of thioether (sulfide) groups is 1. The number of hydrogen-bond acceptors (Lipinski definition) is 6. The number of nitrogens with two attached hydrogens (primary N) is 1. The Morgan fingerprint density at radius 2 is 2.50 bits per heavy atom. The van der Waals surface area contributed by atoms with Crippen LogP contribution >= 0.6 is 11.8 Å². The third kappa shape index (κ3) is 2.67. The van der Waals surface area contributed by atoms with E-state index >= 15 is 0 Å². The first kappa shape index (κ1) is 10.9. The molecular weight excluding hydrogens is 206 g/mol. The van der Waals surface area contributed by atoms with Gasteiger partial charge in [0.15, 0.2) is 0 Å². The number of carbonyl (C=O) groups is 1. The minimum atomic E-state index is -0.423. The largest absolute Gasteiger partial charge is 0.394 e. The second kappa shape index (κ2) is 4.91. The van der Waals surface area contributed by atoms with Crippen LogP contribution in [0.15, 0.2) is 5.16 Å². The number of carbonyl (C=O) groups excluding carboxylic acids is 1. The van der Waals surface area contributed by atoms with Crippen molar-refractivity contribution in [3.8, 4) is 0 Å². The highest BCUT2D eigenvalue weighted by Crippen LogP contribution is 2.19. The van der Waals surface area contributed by atoms with Gasteiger partial charge in [0.1, 0.15) is 0 Å². The molecule has 1 atom stereocenters. The van der Waals surface area contributed by atoms with Crippen LogP contribution in [0.2, 0.25) is 0 Å². The van der Waals surface area contributed by atoms with Gasteiger partial charge in [-0.1, -0.05) is 11.8 Å². The van der Waals surface area contributed by atoms with Crippen molar-refractivity contribution >= 4 is 17.7 Å². The second-order valence-corrected chi connectivity index (χ2v) is 3.88. The molecule has 0 saturated carbocycles. The maximum atomic E-state index is 10.8. The predicted octanol–water partition coefficient (Wildman–Crippen LogP) is -1.37. The Morgan fingerprint density at radius 3 is 3.07 bits per heavy atom. The molecule has 8 heteroatoms. The number of aliphatic hydroxyl groups excluding tert-OH is 1. The first-order chi connectivity index (χ1) is 6.65. The summed E-state index contributed by atoms with van der Waals surface area (Å²) in [5, 5.41) is 19.6. The van der Waals surface area contributed by atoms with Crippen LogP contribution < -0.4 is 5.73 Å². The first-order valence-corrected chi connectivity index (χ1v) is 4.86. The van der Waals surface area contributed by atoms with Gasteiger partial charge in [-0.2, -0.15) is 0 Å². The third-order valence-corrected chi connectivity index (χ3v) is 2.58. The van der Waals surface area contributed by atoms with Gasteiger partial charge in [0.2, 0.25) is 11.1 Å². The number of nitrogens with zero attached hydrogens (tertiary/aromatic N) is 4. The zero-order chi connectivity index (χ0) is 10.6. The molecule has 1 aromatic rings. The molecule has 1 amide bonds. The Hall–Kier alpha value is -1.15. The highest BCUT2D eigenvalue weighted by atomic mass is 32.2. The Kier molecular flexibility index (Phi) is 3.84. The van der Waals surface area contributed by atoms with Crippen LogP contribution in [0.25, 0.3) is 0 Å². The lowest BCUT2D eigenvalue weighted by Crippen LogP contribution is -2.23. The van der Waals surface area contributed by atoms with E-state index in [-0.39, 0.29) is 6.61 Å². The molecule has 0 fully saturated rings. The van der Waals surface area contributed by atoms with Gasteiger partial charge in [-0.25, -0.2) is 4.68 Å². The fraction of sp³-hybridized carbons (Fsp3) is 0.667. The number of rotatable bonds is 5. The van der Waals surface area contributed by atoms with E-state index in [9.17, 15) is 4.79 Å². The SMILES string of the molecule is CC(Sc1nnnn1CCO)C(N)=O. The van der Waals surface area contributed by atoms with Crippen LogP contribution in [0.1, 0.15) is 6.92 Å². The first-order valence-electron chi connectivity index (χ1n) is 3.98. The second-order valence-electron chi connectivity index (χ2n) is 2.57. The molecule has 78 valence electrons. The summed E-state index contributed by atoms with van der Waals surface area (Å²) in [7, 11) is 0. The molecule has 1 rings (SSSR count). The molecule has 0 spiro atoms. The van der Waals surface area contributed by atoms with Gasteiger partial charge >= 0.3 is 0 Å². The summed E-state index contributed by atoms with van der Waals surface area (Å²) in [4.78, 5) is 10.8. The van der Waals surface area contributed by atoms with Crippen molar-refractivity contribution in [1.29, 1.82) is 0 Å². The standard InChI is InChI=1S/C6H11N5O2S/c1-4(5(7)13)14-6-8-9-10-11(6)2-3-12/h4,12H,2-3H2,1H3,(H2,7,13). The van der Waals surface area contributed by atoms with Crippen LogP contribution in [0.5, 0.6) is 0 Å². The van der Waals surface area contributed by atoms with Gasteiger partial charge in [0.05, 0.1) is 18.4 Å². The van der Waals surface area contributed by atoms with Gasteiger partial charge in [-0.3, -0.25) is 4.79 Å². The lowest BCUT2D eigenvalue weighted by atomic mass is 10.5. The molecular formula is C6H11N5O2S. The molecule has 1 aromatic heterocycles. The molecule has 0 aliphatic heterocycles. The quantitative estimate of drug-likeness (QED) is 0.589. The number of primary amides is 1. The van der Waals surface area contributed by atoms with E-state index in [0.717, 1.165) is 0 Å². The van der Waals surface area contributed by atoms with E-state index in [1.165, 1.54) is 16.4 Å². The lowest BCUT2D eigenvalue weighted by Gasteiger charge is -2.05. The number of tetrazole rings is 1. The smallest absolute Gasteiger partial charge is 0.230 e. The summed E-state index contributed by atoms with van der Waals surface area (Å²) in [5.74, 6) is -0.423. The van der Waals surface area contributed by atoms with E-state index in [2.05, 4.69) is 15.5 Å². The van der Waals surface area contributed by atoms with Crippen molar-refractivity contribution in [3.63, 3.8) is 0 Å². The summed E-state index contributed by atoms with van der Waals surface area (Å²) in [5.41, 5.74) is 5.09. The lowest BCUT2D eigenvalue weighted by molar-refractivity contribution is -0.117. The normalized spacial score (nSPS) is 12.7. The zero-order valence-electron chi connectivity index (χ0n) is 7.62. The van der Waals surface area contributed by atoms with Crippen LogP contribution in [-0.4, -0.2) is 43.1 Å². The minimum absolute atomic E-state index is 0.0520. The molecule has 0 radical (unpaired) electrons. The number of aromatic nitrogens is 4. The number of hydrogen-bond donors (Lipinski definition) is 2. The topological polar surface area (TPSA) is 107 Å². The van der Waals surface area contributed by atoms with Gasteiger partial charge < -0.3 is 10.8 Å². The maximum absolute atomic E-state index is 10.8. The molecule has 0 aliphatic carbocycles. The third-order valence-electron chi connectivity index (χ3n) is 1.49. The Bertz CT molecular complexity index is 315. The van der Waals surface area contributed by atoms with Gasteiger partial charge in [-0.15, -0.1) is 5.10 Å². The van der Waals surface area contributed by atoms with Gasteiger partial charge in [0.25, 0.3) is 0 Å². The van der Waals surface area contributed by atoms with Crippen molar-refractivity contribution in [2.24, 2.45) is 5.73 Å². The molecule has 0 saturated heterocycles. The molecule has 1 heterocycles. The van der Waals surface area contributed by atoms with Crippen molar-refractivity contribution in [1.82, 2.24) is 20.2 Å². The average molecular weight is 217 g/mol. The van der Waals surface area contributed by atoms with Crippen LogP contribution in [0.4, 0.5) is 0 Å². The van der Waals surface area contributed by atoms with Crippen molar-refractivity contribution < 1.29 is 9.90 Å². The predicted molar refractivity (Wildman–Crippen MR) is 49.4 cm³/mol. The summed E-state index contributed by atoms with van der Waals surface area (Å²) in [6, 6.07) is 0. The Labute approximate surface area is 84.7 Å². The van der Waals surface area contributed by atoms with Gasteiger partial charge in [-0.05, 0) is 17.4 Å². The summed E-state index contributed by atoms with van der Waals surface area (Å²) >= 11 is 1.17. The monoisotopic (exact) mass is 217 g/mol. The van der Waals surface area contributed by atoms with Crippen molar-refractivity contribution in [3.05, 3.63) is 0 Å². The van der Waals surface area contributed by atoms with Crippen LogP contribution in [0.3, 0.4) is 0 Å². The Morgan fingerprint density at radius 1 is 1.79 bits per heavy atom. The highest BCUT2D eigenvalue weighted by Gasteiger charge is 2.15. The maximum Gasteiger partial charge on any atom is 0.230 e. The molecule has 1 unspecified atom stereocenters. The molecule has 3 N–H and O–H groups in total. The summed E-state index contributed by atoms with van der Waals surface area (Å²) in [6.07, 6.45) is 0. The summed E-state index contributed by atoms with van der Waals surface area (Å²) < 4.78 is 1.42. The average Bonchev–Trinajstić information content (AvgIpc) is 2.53. The summed E-state index contributed by atoms with van der Waals surface area (Å²) in [6.45, 7) is 1.93. The molecule has 0 aliphatic rings. The van der Waals surface area contributed by atoms with Crippen molar-refractivity contribution in [2.45, 2.75) is 23.9 Å². The van der Waals surface area contributed by atoms with E-state index in [1.807, 2.05) is 0 Å². The Balaban J connectivity index is 2.66. The molecule has 0 bridgehead atoms. The molecule has 14 heavy (non-hydrogen) atoms. The fourth-order valence-electron chi connectivity index (χ4n) is 0.732. The van der Waals surface area contributed by atoms with Crippen LogP contribution in [-0.2, 0) is 11.3 Å². The molecule has 7 nitrogen and oxygen atoms in total. The fourth-order valence-corrected chi connectivity index (χ4v) is 1.50. The minimum Gasteiger partial charge on any atom is -0.394 e. The van der Waals surface area contributed by atoms with E-state index in [4.69, 9.17) is 10.8 Å². The van der Waals surface area contributed by atoms with Crippen molar-refractivity contribution in [2.75, 3.05) is 6.61 Å².